The monoisotopic (exact) mass is 368 g/mol. The molecule has 24 heavy (non-hydrogen) atoms. The third-order valence-electron chi connectivity index (χ3n) is 2.85. The van der Waals surface area contributed by atoms with E-state index < -0.39 is 5.91 Å². The first-order chi connectivity index (χ1) is 11.2. The van der Waals surface area contributed by atoms with Crippen LogP contribution in [0.5, 0.6) is 0 Å². The van der Waals surface area contributed by atoms with Crippen molar-refractivity contribution in [2.75, 3.05) is 16.5 Å². The number of halogens is 2. The van der Waals surface area contributed by atoms with Crippen LogP contribution in [0.4, 0.5) is 17.3 Å². The molecule has 2 rings (SSSR count). The maximum absolute atomic E-state index is 12.2. The Kier molecular flexibility index (Phi) is 5.36. The summed E-state index contributed by atoms with van der Waals surface area (Å²) in [5, 5.41) is 3.85. The summed E-state index contributed by atoms with van der Waals surface area (Å²) in [5.74, 6) is 0.300. The summed E-state index contributed by atoms with van der Waals surface area (Å²) in [6, 6.07) is 4.59. The molecular formula is C15H18Cl2N6O. The summed E-state index contributed by atoms with van der Waals surface area (Å²) < 4.78 is 0. The Morgan fingerprint density at radius 3 is 2.46 bits per heavy atom. The SMILES string of the molecule is CC(C)(C)Nc1ncnc(NNC(=O)c2ccc(Cl)cc2Cl)c1N. The summed E-state index contributed by atoms with van der Waals surface area (Å²) in [5.41, 5.74) is 11.5. The molecule has 0 aliphatic heterocycles. The summed E-state index contributed by atoms with van der Waals surface area (Å²) in [6.45, 7) is 5.93. The first-order valence-corrected chi connectivity index (χ1v) is 7.83. The zero-order valence-corrected chi connectivity index (χ0v) is 15.0. The number of benzene rings is 1. The predicted molar refractivity (Wildman–Crippen MR) is 97.4 cm³/mol. The molecule has 0 unspecified atom stereocenters. The van der Waals surface area contributed by atoms with Gasteiger partial charge in [-0.1, -0.05) is 23.2 Å². The van der Waals surface area contributed by atoms with Crippen LogP contribution >= 0.6 is 23.2 Å². The van der Waals surface area contributed by atoms with Gasteiger partial charge in [-0.2, -0.15) is 0 Å². The molecule has 1 amide bonds. The molecule has 7 nitrogen and oxygen atoms in total. The number of hydrazine groups is 1. The number of aromatic nitrogens is 2. The number of nitrogens with one attached hydrogen (secondary N) is 3. The molecule has 128 valence electrons. The highest BCUT2D eigenvalue weighted by Gasteiger charge is 2.16. The van der Waals surface area contributed by atoms with Crippen LogP contribution in [0.2, 0.25) is 10.0 Å². The second kappa shape index (κ2) is 7.11. The minimum Gasteiger partial charge on any atom is -0.393 e. The molecule has 0 saturated heterocycles. The van der Waals surface area contributed by atoms with E-state index in [1.807, 2.05) is 20.8 Å². The minimum atomic E-state index is -0.444. The topological polar surface area (TPSA) is 105 Å². The fraction of sp³-hybridized carbons (Fsp3) is 0.267. The van der Waals surface area contributed by atoms with Gasteiger partial charge in [-0.3, -0.25) is 15.6 Å². The zero-order chi connectivity index (χ0) is 17.9. The fourth-order valence-electron chi connectivity index (χ4n) is 1.81. The highest BCUT2D eigenvalue weighted by molar-refractivity contribution is 6.36. The van der Waals surface area contributed by atoms with Crippen LogP contribution in [0.15, 0.2) is 24.5 Å². The van der Waals surface area contributed by atoms with Crippen molar-refractivity contribution in [2.24, 2.45) is 0 Å². The van der Waals surface area contributed by atoms with E-state index in [0.29, 0.717) is 10.8 Å². The maximum atomic E-state index is 12.2. The smallest absolute Gasteiger partial charge is 0.271 e. The van der Waals surface area contributed by atoms with E-state index in [2.05, 4.69) is 26.1 Å². The number of hydrogen-bond acceptors (Lipinski definition) is 6. The first kappa shape index (κ1) is 18.1. The van der Waals surface area contributed by atoms with Crippen molar-refractivity contribution in [1.29, 1.82) is 0 Å². The van der Waals surface area contributed by atoms with E-state index in [1.54, 1.807) is 6.07 Å². The average Bonchev–Trinajstić information content (AvgIpc) is 2.46. The molecule has 0 radical (unpaired) electrons. The zero-order valence-electron chi connectivity index (χ0n) is 13.4. The Hall–Kier alpha value is -2.25. The number of nitrogen functional groups attached to an aromatic ring is 1. The number of rotatable bonds is 4. The minimum absolute atomic E-state index is 0.222. The molecule has 1 heterocycles. The molecule has 0 saturated carbocycles. The largest absolute Gasteiger partial charge is 0.393 e. The van der Waals surface area contributed by atoms with E-state index in [1.165, 1.54) is 18.5 Å². The van der Waals surface area contributed by atoms with E-state index in [9.17, 15) is 4.79 Å². The number of amides is 1. The fourth-order valence-corrected chi connectivity index (χ4v) is 2.30. The molecule has 0 atom stereocenters. The van der Waals surface area contributed by atoms with Gasteiger partial charge in [0.05, 0.1) is 10.6 Å². The van der Waals surface area contributed by atoms with Crippen molar-refractivity contribution in [3.63, 3.8) is 0 Å². The van der Waals surface area contributed by atoms with Crippen LogP contribution in [0.3, 0.4) is 0 Å². The van der Waals surface area contributed by atoms with Crippen molar-refractivity contribution >= 4 is 46.4 Å². The van der Waals surface area contributed by atoms with Crippen molar-refractivity contribution < 1.29 is 4.79 Å². The van der Waals surface area contributed by atoms with Gasteiger partial charge in [-0.05, 0) is 39.0 Å². The second-order valence-corrected chi connectivity index (χ2v) is 6.91. The molecule has 9 heteroatoms. The highest BCUT2D eigenvalue weighted by Crippen LogP contribution is 2.25. The Bertz CT molecular complexity index is 760. The van der Waals surface area contributed by atoms with Gasteiger partial charge >= 0.3 is 0 Å². The Morgan fingerprint density at radius 1 is 1.17 bits per heavy atom. The third kappa shape index (κ3) is 4.62. The van der Waals surface area contributed by atoms with Crippen molar-refractivity contribution in [1.82, 2.24) is 15.4 Å². The van der Waals surface area contributed by atoms with Crippen molar-refractivity contribution in [2.45, 2.75) is 26.3 Å². The molecule has 0 aliphatic rings. The lowest BCUT2D eigenvalue weighted by Gasteiger charge is -2.22. The summed E-state index contributed by atoms with van der Waals surface area (Å²) in [6.07, 6.45) is 1.34. The van der Waals surface area contributed by atoms with Gasteiger partial charge in [0.25, 0.3) is 5.91 Å². The average molecular weight is 369 g/mol. The number of nitrogens with two attached hydrogens (primary N) is 1. The van der Waals surface area contributed by atoms with E-state index in [0.717, 1.165) is 0 Å². The molecule has 0 fully saturated rings. The summed E-state index contributed by atoms with van der Waals surface area (Å²) in [7, 11) is 0. The van der Waals surface area contributed by atoms with Gasteiger partial charge in [0, 0.05) is 10.6 Å². The quantitative estimate of drug-likeness (QED) is 0.616. The lowest BCUT2D eigenvalue weighted by Crippen LogP contribution is -2.31. The second-order valence-electron chi connectivity index (χ2n) is 6.06. The van der Waals surface area contributed by atoms with Gasteiger partial charge in [-0.25, -0.2) is 9.97 Å². The maximum Gasteiger partial charge on any atom is 0.271 e. The molecule has 0 bridgehead atoms. The van der Waals surface area contributed by atoms with Crippen LogP contribution < -0.4 is 21.9 Å². The normalized spacial score (nSPS) is 11.0. The summed E-state index contributed by atoms with van der Waals surface area (Å²) in [4.78, 5) is 20.3. The van der Waals surface area contributed by atoms with Crippen LogP contribution in [0.25, 0.3) is 0 Å². The van der Waals surface area contributed by atoms with E-state index >= 15 is 0 Å². The Labute approximate surface area is 149 Å². The molecule has 2 aromatic rings. The molecule has 0 spiro atoms. The molecular weight excluding hydrogens is 351 g/mol. The molecule has 0 aliphatic carbocycles. The lowest BCUT2D eigenvalue weighted by atomic mass is 10.1. The standard InChI is InChI=1S/C15H18Cl2N6O/c1-15(2,3)21-12-11(18)13(20-7-19-12)22-23-14(24)9-5-4-8(16)6-10(9)17/h4-7H,18H2,1-3H3,(H,23,24)(H2,19,20,21,22). The number of anilines is 3. The molecule has 1 aromatic carbocycles. The number of hydrogen-bond donors (Lipinski definition) is 4. The Balaban J connectivity index is 2.12. The van der Waals surface area contributed by atoms with Gasteiger partial charge in [-0.15, -0.1) is 0 Å². The van der Waals surface area contributed by atoms with Crippen LogP contribution in [-0.2, 0) is 0 Å². The number of carbonyl (C=O) groups excluding carboxylic acids is 1. The Morgan fingerprint density at radius 2 is 1.83 bits per heavy atom. The molecule has 1 aromatic heterocycles. The summed E-state index contributed by atoms with van der Waals surface area (Å²) >= 11 is 11.8. The van der Waals surface area contributed by atoms with Crippen molar-refractivity contribution in [3.8, 4) is 0 Å². The number of nitrogens with zero attached hydrogens (tertiary/aromatic N) is 2. The first-order valence-electron chi connectivity index (χ1n) is 7.07. The van der Waals surface area contributed by atoms with Gasteiger partial charge in [0.2, 0.25) is 0 Å². The third-order valence-corrected chi connectivity index (χ3v) is 3.40. The molecule has 5 N–H and O–H groups in total. The lowest BCUT2D eigenvalue weighted by molar-refractivity contribution is 0.0962. The van der Waals surface area contributed by atoms with Crippen molar-refractivity contribution in [3.05, 3.63) is 40.1 Å². The van der Waals surface area contributed by atoms with Gasteiger partial charge < -0.3 is 11.1 Å². The predicted octanol–water partition coefficient (Wildman–Crippen LogP) is 3.33. The van der Waals surface area contributed by atoms with Crippen LogP contribution in [0, 0.1) is 0 Å². The van der Waals surface area contributed by atoms with E-state index in [-0.39, 0.29) is 27.6 Å². The van der Waals surface area contributed by atoms with Crippen LogP contribution in [-0.4, -0.2) is 21.4 Å². The number of carbonyl (C=O) groups is 1. The van der Waals surface area contributed by atoms with Gasteiger partial charge in [0.15, 0.2) is 11.6 Å². The van der Waals surface area contributed by atoms with Gasteiger partial charge in [0.1, 0.15) is 12.0 Å². The van der Waals surface area contributed by atoms with Crippen LogP contribution in [0.1, 0.15) is 31.1 Å². The van der Waals surface area contributed by atoms with E-state index in [4.69, 9.17) is 28.9 Å². The highest BCUT2D eigenvalue weighted by atomic mass is 35.5.